The van der Waals surface area contributed by atoms with E-state index in [0.29, 0.717) is 11.6 Å². The predicted molar refractivity (Wildman–Crippen MR) is 81.0 cm³/mol. The van der Waals surface area contributed by atoms with Crippen LogP contribution in [-0.4, -0.2) is 15.6 Å². The summed E-state index contributed by atoms with van der Waals surface area (Å²) in [6.45, 7) is 8.03. The van der Waals surface area contributed by atoms with Crippen molar-refractivity contribution in [3.63, 3.8) is 0 Å². The third-order valence-corrected chi connectivity index (χ3v) is 3.81. The van der Waals surface area contributed by atoms with Crippen molar-refractivity contribution < 1.29 is 0 Å². The molecule has 4 nitrogen and oxygen atoms in total. The number of aromatic nitrogens is 2. The van der Waals surface area contributed by atoms with E-state index in [1.165, 1.54) is 11.3 Å². The first-order chi connectivity index (χ1) is 8.90. The number of anilines is 1. The van der Waals surface area contributed by atoms with Crippen molar-refractivity contribution in [2.24, 2.45) is 7.05 Å². The second-order valence-electron chi connectivity index (χ2n) is 5.04. The van der Waals surface area contributed by atoms with Gasteiger partial charge in [-0.15, -0.1) is 11.3 Å². The molecule has 0 atom stereocenters. The zero-order valence-corrected chi connectivity index (χ0v) is 12.8. The van der Waals surface area contributed by atoms with Crippen molar-refractivity contribution in [1.82, 2.24) is 9.55 Å². The summed E-state index contributed by atoms with van der Waals surface area (Å²) in [5.41, 5.74) is 3.40. The van der Waals surface area contributed by atoms with Crippen molar-refractivity contribution in [2.75, 3.05) is 5.32 Å². The van der Waals surface area contributed by atoms with Gasteiger partial charge in [-0.05, 0) is 39.3 Å². The van der Waals surface area contributed by atoms with Gasteiger partial charge in [0, 0.05) is 24.2 Å². The van der Waals surface area contributed by atoms with Crippen LogP contribution in [0.4, 0.5) is 5.13 Å². The number of rotatable bonds is 3. The molecule has 0 aliphatic heterocycles. The van der Waals surface area contributed by atoms with Gasteiger partial charge in [-0.3, -0.25) is 4.79 Å². The summed E-state index contributed by atoms with van der Waals surface area (Å²) in [6, 6.07) is 2.35. The Morgan fingerprint density at radius 1 is 1.37 bits per heavy atom. The van der Waals surface area contributed by atoms with Crippen LogP contribution in [0.15, 0.2) is 16.2 Å². The minimum absolute atomic E-state index is 0.0129. The second-order valence-corrected chi connectivity index (χ2v) is 5.90. The van der Waals surface area contributed by atoms with Crippen LogP contribution >= 0.6 is 11.3 Å². The molecule has 1 N–H and O–H groups in total. The molecular weight excluding hydrogens is 258 g/mol. The van der Waals surface area contributed by atoms with E-state index >= 15 is 0 Å². The minimum Gasteiger partial charge on any atom is -0.359 e. The maximum absolute atomic E-state index is 12.3. The topological polar surface area (TPSA) is 46.9 Å². The molecule has 19 heavy (non-hydrogen) atoms. The van der Waals surface area contributed by atoms with Crippen LogP contribution in [0.3, 0.4) is 0 Å². The molecule has 2 aromatic heterocycles. The molecule has 0 unspecified atom stereocenters. The Morgan fingerprint density at radius 3 is 2.68 bits per heavy atom. The summed E-state index contributed by atoms with van der Waals surface area (Å²) in [6.07, 6.45) is 0. The fraction of sp³-hybridized carbons (Fsp3) is 0.429. The lowest BCUT2D eigenvalue weighted by Gasteiger charge is -2.09. The molecular formula is C14H19N3OS. The highest BCUT2D eigenvalue weighted by Gasteiger charge is 2.14. The van der Waals surface area contributed by atoms with Crippen LogP contribution in [0.2, 0.25) is 0 Å². The van der Waals surface area contributed by atoms with Crippen LogP contribution in [0.1, 0.15) is 25.1 Å². The summed E-state index contributed by atoms with van der Waals surface area (Å²) in [5, 5.41) is 6.05. The number of pyridine rings is 1. The molecule has 0 saturated carbocycles. The smallest absolute Gasteiger partial charge is 0.260 e. The normalized spacial score (nSPS) is 11.1. The maximum atomic E-state index is 12.3. The van der Waals surface area contributed by atoms with E-state index in [1.54, 1.807) is 11.6 Å². The van der Waals surface area contributed by atoms with E-state index < -0.39 is 0 Å². The number of hydrogen-bond donors (Lipinski definition) is 1. The summed E-state index contributed by atoms with van der Waals surface area (Å²) in [4.78, 5) is 16.9. The first-order valence-electron chi connectivity index (χ1n) is 6.29. The zero-order valence-electron chi connectivity index (χ0n) is 11.9. The molecule has 0 saturated heterocycles. The lowest BCUT2D eigenvalue weighted by molar-refractivity contribution is 0.816. The van der Waals surface area contributed by atoms with Crippen LogP contribution in [0, 0.1) is 13.8 Å². The molecule has 102 valence electrons. The number of nitrogens with zero attached hydrogens (tertiary/aromatic N) is 2. The molecule has 0 aromatic carbocycles. The van der Waals surface area contributed by atoms with E-state index in [4.69, 9.17) is 0 Å². The number of aryl methyl sites for hydroxylation is 2. The maximum Gasteiger partial charge on any atom is 0.260 e. The van der Waals surface area contributed by atoms with Crippen molar-refractivity contribution in [2.45, 2.75) is 33.7 Å². The average Bonchev–Trinajstić information content (AvgIpc) is 2.73. The fourth-order valence-electron chi connectivity index (χ4n) is 1.99. The van der Waals surface area contributed by atoms with Gasteiger partial charge in [0.1, 0.15) is 0 Å². The molecule has 0 aliphatic rings. The molecule has 0 amide bonds. The lowest BCUT2D eigenvalue weighted by atomic mass is 10.1. The van der Waals surface area contributed by atoms with E-state index in [9.17, 15) is 4.79 Å². The Kier molecular flexibility index (Phi) is 3.75. The van der Waals surface area contributed by atoms with E-state index in [0.717, 1.165) is 22.1 Å². The Hall–Kier alpha value is -1.62. The Bertz CT molecular complexity index is 655. The SMILES string of the molecule is Cc1cc(C)n(C)c(=O)c1-c1csc(NC(C)C)n1. The van der Waals surface area contributed by atoms with E-state index in [1.807, 2.05) is 25.3 Å². The molecule has 2 heterocycles. The molecule has 0 fully saturated rings. The summed E-state index contributed by atoms with van der Waals surface area (Å²) < 4.78 is 1.66. The van der Waals surface area contributed by atoms with Crippen LogP contribution < -0.4 is 10.9 Å². The van der Waals surface area contributed by atoms with Crippen molar-refractivity contribution in [3.05, 3.63) is 33.1 Å². The van der Waals surface area contributed by atoms with Gasteiger partial charge in [-0.25, -0.2) is 4.98 Å². The molecule has 2 aromatic rings. The quantitative estimate of drug-likeness (QED) is 0.938. The van der Waals surface area contributed by atoms with Gasteiger partial charge in [0.05, 0.1) is 11.3 Å². The number of thiazole rings is 1. The van der Waals surface area contributed by atoms with Crippen molar-refractivity contribution >= 4 is 16.5 Å². The third-order valence-electron chi connectivity index (χ3n) is 3.04. The summed E-state index contributed by atoms with van der Waals surface area (Å²) in [5.74, 6) is 0. The van der Waals surface area contributed by atoms with Gasteiger partial charge >= 0.3 is 0 Å². The van der Waals surface area contributed by atoms with E-state index in [2.05, 4.69) is 24.1 Å². The molecule has 2 rings (SSSR count). The first kappa shape index (κ1) is 13.8. The Morgan fingerprint density at radius 2 is 2.05 bits per heavy atom. The van der Waals surface area contributed by atoms with Gasteiger partial charge in [-0.1, -0.05) is 0 Å². The van der Waals surface area contributed by atoms with Crippen LogP contribution in [0.5, 0.6) is 0 Å². The van der Waals surface area contributed by atoms with E-state index in [-0.39, 0.29) is 5.56 Å². The first-order valence-corrected chi connectivity index (χ1v) is 7.17. The van der Waals surface area contributed by atoms with Crippen LogP contribution in [0.25, 0.3) is 11.3 Å². The molecule has 5 heteroatoms. The standard InChI is InChI=1S/C14H19N3OS/c1-8(2)15-14-16-11(7-19-14)12-9(3)6-10(4)17(5)13(12)18/h6-8H,1-5H3,(H,15,16). The average molecular weight is 277 g/mol. The molecule has 0 bridgehead atoms. The van der Waals surface area contributed by atoms with Gasteiger partial charge in [0.15, 0.2) is 5.13 Å². The summed E-state index contributed by atoms with van der Waals surface area (Å²) in [7, 11) is 1.79. The Labute approximate surface area is 117 Å². The van der Waals surface area contributed by atoms with Gasteiger partial charge in [0.2, 0.25) is 0 Å². The third kappa shape index (κ3) is 2.71. The Balaban J connectivity index is 2.51. The minimum atomic E-state index is 0.0129. The van der Waals surface area contributed by atoms with Gasteiger partial charge in [-0.2, -0.15) is 0 Å². The van der Waals surface area contributed by atoms with Gasteiger partial charge < -0.3 is 9.88 Å². The van der Waals surface area contributed by atoms with Crippen molar-refractivity contribution in [3.8, 4) is 11.3 Å². The molecule has 0 spiro atoms. The highest BCUT2D eigenvalue weighted by Crippen LogP contribution is 2.25. The van der Waals surface area contributed by atoms with Gasteiger partial charge in [0.25, 0.3) is 5.56 Å². The fourth-order valence-corrected chi connectivity index (χ4v) is 2.84. The largest absolute Gasteiger partial charge is 0.359 e. The zero-order chi connectivity index (χ0) is 14.2. The van der Waals surface area contributed by atoms with Crippen molar-refractivity contribution in [1.29, 1.82) is 0 Å². The summed E-state index contributed by atoms with van der Waals surface area (Å²) >= 11 is 1.53. The molecule has 0 radical (unpaired) electrons. The lowest BCUT2D eigenvalue weighted by Crippen LogP contribution is -2.21. The second kappa shape index (κ2) is 5.17. The highest BCUT2D eigenvalue weighted by atomic mass is 32.1. The predicted octanol–water partition coefficient (Wildman–Crippen LogP) is 2.95. The molecule has 0 aliphatic carbocycles. The van der Waals surface area contributed by atoms with Crippen LogP contribution in [-0.2, 0) is 7.05 Å². The highest BCUT2D eigenvalue weighted by molar-refractivity contribution is 7.14. The number of nitrogens with one attached hydrogen (secondary N) is 1. The monoisotopic (exact) mass is 277 g/mol. The number of hydrogen-bond acceptors (Lipinski definition) is 4.